The molecular formula is C34H42N2O5. The Bertz CT molecular complexity index is 1230. The molecule has 1 amide bonds. The van der Waals surface area contributed by atoms with Crippen LogP contribution < -0.4 is 0 Å². The van der Waals surface area contributed by atoms with Crippen molar-refractivity contribution in [2.24, 2.45) is 5.41 Å². The number of unbranched alkanes of at least 4 members (excludes halogenated alkanes) is 2. The summed E-state index contributed by atoms with van der Waals surface area (Å²) in [6.07, 6.45) is 6.86. The molecule has 2 fully saturated rings. The van der Waals surface area contributed by atoms with Gasteiger partial charge in [-0.15, -0.1) is 0 Å². The molecule has 41 heavy (non-hydrogen) atoms. The Morgan fingerprint density at radius 2 is 1.63 bits per heavy atom. The fourth-order valence-corrected chi connectivity index (χ4v) is 5.99. The van der Waals surface area contributed by atoms with Crippen LogP contribution in [0.1, 0.15) is 62.0 Å². The van der Waals surface area contributed by atoms with Gasteiger partial charge >= 0.3 is 0 Å². The summed E-state index contributed by atoms with van der Waals surface area (Å²) >= 11 is 0. The maximum absolute atomic E-state index is 13.2. The molecule has 0 bridgehead atoms. The van der Waals surface area contributed by atoms with Crippen LogP contribution in [0.25, 0.3) is 11.1 Å². The molecule has 1 saturated carbocycles. The van der Waals surface area contributed by atoms with Crippen LogP contribution in [0.4, 0.5) is 0 Å². The number of carbonyl (C=O) groups excluding carboxylic acids is 1. The lowest BCUT2D eigenvalue weighted by Gasteiger charge is -2.39. The Morgan fingerprint density at radius 1 is 0.902 bits per heavy atom. The SMILES string of the molecule is O=C(CCCCCON(O)O)N1CC[C@H](c2cccc(-c3ccccc3)c2)C(OCC2(Cc3ccccc3)CC2)C1. The molecule has 1 aliphatic heterocycles. The number of hydrogen-bond donors (Lipinski definition) is 2. The number of benzene rings is 3. The van der Waals surface area contributed by atoms with E-state index in [0.717, 1.165) is 38.8 Å². The van der Waals surface area contributed by atoms with Gasteiger partial charge in [0.15, 0.2) is 0 Å². The zero-order valence-corrected chi connectivity index (χ0v) is 23.7. The van der Waals surface area contributed by atoms with Crippen molar-refractivity contribution in [3.63, 3.8) is 0 Å². The van der Waals surface area contributed by atoms with Crippen molar-refractivity contribution in [1.29, 1.82) is 0 Å². The Hall–Kier alpha value is -3.07. The quantitative estimate of drug-likeness (QED) is 0.170. The van der Waals surface area contributed by atoms with E-state index >= 15 is 0 Å². The van der Waals surface area contributed by atoms with Crippen LogP contribution in [0.5, 0.6) is 0 Å². The maximum Gasteiger partial charge on any atom is 0.222 e. The van der Waals surface area contributed by atoms with Gasteiger partial charge in [0.2, 0.25) is 5.91 Å². The molecule has 3 aromatic carbocycles. The fraction of sp³-hybridized carbons (Fsp3) is 0.441. The highest BCUT2D eigenvalue weighted by Crippen LogP contribution is 2.49. The standard InChI is InChI=1S/C34H42N2O5/c37-33(17-8-3-9-22-41-36(38)39)35-21-18-31(30-16-10-15-29(23-30)28-13-6-2-7-14-28)32(25-35)40-26-34(19-20-34)24-27-11-4-1-5-12-27/h1-2,4-7,10-16,23,31-32,38-39H,3,8-9,17-22,24-26H2/t31-,32?/m1/s1. The van der Waals surface area contributed by atoms with Crippen molar-refractivity contribution >= 4 is 5.91 Å². The number of nitrogens with zero attached hydrogens (tertiary/aromatic N) is 2. The van der Waals surface area contributed by atoms with E-state index in [1.165, 1.54) is 35.1 Å². The molecule has 7 heteroatoms. The minimum Gasteiger partial charge on any atom is -0.375 e. The topological polar surface area (TPSA) is 82.5 Å². The smallest absolute Gasteiger partial charge is 0.222 e. The first-order valence-electron chi connectivity index (χ1n) is 14.9. The van der Waals surface area contributed by atoms with Crippen molar-refractivity contribution in [3.8, 4) is 11.1 Å². The van der Waals surface area contributed by atoms with Crippen LogP contribution in [0, 0.1) is 5.41 Å². The van der Waals surface area contributed by atoms with Crippen molar-refractivity contribution in [1.82, 2.24) is 10.3 Å². The molecular weight excluding hydrogens is 516 g/mol. The Balaban J connectivity index is 1.24. The highest BCUT2D eigenvalue weighted by molar-refractivity contribution is 5.76. The first kappa shape index (κ1) is 29.4. The number of piperidine rings is 1. The molecule has 5 rings (SSSR count). The third kappa shape index (κ3) is 8.47. The average molecular weight is 559 g/mol. The molecule has 1 heterocycles. The van der Waals surface area contributed by atoms with Gasteiger partial charge in [0.05, 0.1) is 24.7 Å². The molecule has 2 aliphatic rings. The molecule has 2 N–H and O–H groups in total. The number of amides is 1. The zero-order chi connectivity index (χ0) is 28.5. The number of likely N-dealkylation sites (tertiary alicyclic amines) is 1. The first-order chi connectivity index (χ1) is 20.0. The molecule has 0 spiro atoms. The summed E-state index contributed by atoms with van der Waals surface area (Å²) < 4.78 is 6.79. The van der Waals surface area contributed by atoms with Crippen LogP contribution in [0.2, 0.25) is 0 Å². The van der Waals surface area contributed by atoms with Crippen molar-refractivity contribution in [2.75, 3.05) is 26.3 Å². The monoisotopic (exact) mass is 558 g/mol. The van der Waals surface area contributed by atoms with Gasteiger partial charge in [-0.05, 0) is 66.2 Å². The number of rotatable bonds is 14. The Labute approximate surface area is 243 Å². The van der Waals surface area contributed by atoms with Gasteiger partial charge in [0.1, 0.15) is 0 Å². The Kier molecular flexibility index (Phi) is 10.2. The second kappa shape index (κ2) is 14.2. The Morgan fingerprint density at radius 3 is 2.37 bits per heavy atom. The third-order valence-corrected chi connectivity index (χ3v) is 8.56. The highest BCUT2D eigenvalue weighted by atomic mass is 17.1. The van der Waals surface area contributed by atoms with E-state index < -0.39 is 0 Å². The lowest BCUT2D eigenvalue weighted by atomic mass is 9.85. The van der Waals surface area contributed by atoms with E-state index in [1.54, 1.807) is 0 Å². The summed E-state index contributed by atoms with van der Waals surface area (Å²) in [7, 11) is 0. The molecule has 0 radical (unpaired) electrons. The largest absolute Gasteiger partial charge is 0.375 e. The molecule has 218 valence electrons. The van der Waals surface area contributed by atoms with Crippen molar-refractivity contribution in [2.45, 2.75) is 63.4 Å². The lowest BCUT2D eigenvalue weighted by Crippen LogP contribution is -2.47. The number of hydrogen-bond acceptors (Lipinski definition) is 6. The lowest BCUT2D eigenvalue weighted by molar-refractivity contribution is -0.492. The van der Waals surface area contributed by atoms with E-state index in [0.29, 0.717) is 19.4 Å². The van der Waals surface area contributed by atoms with E-state index in [1.807, 2.05) is 11.0 Å². The molecule has 7 nitrogen and oxygen atoms in total. The van der Waals surface area contributed by atoms with Crippen molar-refractivity contribution in [3.05, 3.63) is 96.1 Å². The van der Waals surface area contributed by atoms with Gasteiger partial charge in [-0.2, -0.15) is 0 Å². The molecule has 1 aliphatic carbocycles. The summed E-state index contributed by atoms with van der Waals surface area (Å²) in [6, 6.07) is 30.0. The van der Waals surface area contributed by atoms with E-state index in [9.17, 15) is 4.79 Å². The van der Waals surface area contributed by atoms with E-state index in [-0.39, 0.29) is 35.3 Å². The second-order valence-electron chi connectivity index (χ2n) is 11.6. The first-order valence-corrected chi connectivity index (χ1v) is 14.9. The molecule has 1 unspecified atom stereocenters. The van der Waals surface area contributed by atoms with Gasteiger partial charge in [0, 0.05) is 25.4 Å². The minimum atomic E-state index is -0.267. The highest BCUT2D eigenvalue weighted by Gasteiger charge is 2.44. The molecule has 3 aromatic rings. The van der Waals surface area contributed by atoms with Gasteiger partial charge < -0.3 is 9.64 Å². The summed E-state index contributed by atoms with van der Waals surface area (Å²) in [4.78, 5) is 19.8. The van der Waals surface area contributed by atoms with Crippen LogP contribution in [0.3, 0.4) is 0 Å². The van der Waals surface area contributed by atoms with Crippen molar-refractivity contribution < 1.29 is 24.8 Å². The normalized spacial score (nSPS) is 19.8. The summed E-state index contributed by atoms with van der Waals surface area (Å²) in [5, 5.41) is 17.0. The average Bonchev–Trinajstić information content (AvgIpc) is 3.77. The fourth-order valence-electron chi connectivity index (χ4n) is 5.99. The van der Waals surface area contributed by atoms with Gasteiger partial charge in [-0.25, -0.2) is 0 Å². The summed E-state index contributed by atoms with van der Waals surface area (Å²) in [6.45, 7) is 2.25. The zero-order valence-electron chi connectivity index (χ0n) is 23.7. The second-order valence-corrected chi connectivity index (χ2v) is 11.6. The van der Waals surface area contributed by atoms with Crippen LogP contribution >= 0.6 is 0 Å². The van der Waals surface area contributed by atoms with Crippen LogP contribution in [0.15, 0.2) is 84.9 Å². The summed E-state index contributed by atoms with van der Waals surface area (Å²) in [5.41, 5.74) is 5.24. The van der Waals surface area contributed by atoms with Crippen LogP contribution in [-0.2, 0) is 20.8 Å². The number of carbonyl (C=O) groups is 1. The van der Waals surface area contributed by atoms with E-state index in [4.69, 9.17) is 15.2 Å². The predicted molar refractivity (Wildman–Crippen MR) is 157 cm³/mol. The van der Waals surface area contributed by atoms with Gasteiger partial charge in [-0.3, -0.25) is 20.0 Å². The van der Waals surface area contributed by atoms with Gasteiger partial charge in [0.25, 0.3) is 0 Å². The summed E-state index contributed by atoms with van der Waals surface area (Å²) in [5.74, 6) is 0.389. The molecule has 2 atom stereocenters. The third-order valence-electron chi connectivity index (χ3n) is 8.56. The number of ether oxygens (including phenoxy) is 1. The van der Waals surface area contributed by atoms with Crippen LogP contribution in [-0.4, -0.2) is 59.0 Å². The molecule has 1 saturated heterocycles. The molecule has 0 aromatic heterocycles. The minimum absolute atomic E-state index is 0.0551. The van der Waals surface area contributed by atoms with Gasteiger partial charge in [-0.1, -0.05) is 91.3 Å². The predicted octanol–water partition coefficient (Wildman–Crippen LogP) is 6.65. The van der Waals surface area contributed by atoms with E-state index in [2.05, 4.69) is 83.7 Å². The maximum atomic E-state index is 13.2.